The largest absolute Gasteiger partial charge is 0.382 e. The van der Waals surface area contributed by atoms with Crippen LogP contribution in [0.25, 0.3) is 16.8 Å². The Kier molecular flexibility index (Phi) is 5.95. The summed E-state index contributed by atoms with van der Waals surface area (Å²) in [5.41, 5.74) is 8.80. The van der Waals surface area contributed by atoms with Crippen molar-refractivity contribution in [1.82, 2.24) is 23.7 Å². The summed E-state index contributed by atoms with van der Waals surface area (Å²) in [7, 11) is -3.29. The number of rotatable bonds is 5. The fourth-order valence-corrected chi connectivity index (χ4v) is 5.35. The molecule has 0 saturated carbocycles. The zero-order valence-corrected chi connectivity index (χ0v) is 19.9. The number of nitrogens with one attached hydrogen (secondary N) is 1. The summed E-state index contributed by atoms with van der Waals surface area (Å²) >= 11 is 0. The first-order valence-corrected chi connectivity index (χ1v) is 13.1. The molecular weight excluding hydrogens is 466 g/mol. The topological polar surface area (TPSA) is 136 Å². The fraction of sp³-hybridized carbons (Fsp3) is 0.250. The molecule has 1 atom stereocenters. The number of pyridine rings is 1. The average molecular weight is 492 g/mol. The van der Waals surface area contributed by atoms with Crippen LogP contribution in [-0.2, 0) is 10.0 Å². The second-order valence-corrected chi connectivity index (χ2v) is 10.5. The molecule has 4 aromatic rings. The number of hydrogen-bond donors (Lipinski definition) is 2. The van der Waals surface area contributed by atoms with Gasteiger partial charge in [-0.25, -0.2) is 27.7 Å². The Morgan fingerprint density at radius 3 is 2.63 bits per heavy atom. The highest BCUT2D eigenvalue weighted by molar-refractivity contribution is 7.88. The molecule has 1 fully saturated rings. The highest BCUT2D eigenvalue weighted by Gasteiger charge is 2.30. The maximum absolute atomic E-state index is 12.6. The predicted octanol–water partition coefficient (Wildman–Crippen LogP) is 2.76. The first-order valence-electron chi connectivity index (χ1n) is 11.2. The van der Waals surface area contributed by atoms with Crippen LogP contribution >= 0.6 is 0 Å². The van der Waals surface area contributed by atoms with Crippen molar-refractivity contribution in [3.63, 3.8) is 0 Å². The summed E-state index contributed by atoms with van der Waals surface area (Å²) in [6, 6.07) is 12.4. The molecule has 1 aromatic carbocycles. The van der Waals surface area contributed by atoms with Gasteiger partial charge in [0, 0.05) is 48.7 Å². The summed E-state index contributed by atoms with van der Waals surface area (Å²) in [4.78, 5) is 25.9. The molecule has 4 heterocycles. The van der Waals surface area contributed by atoms with Crippen LogP contribution < -0.4 is 11.1 Å². The van der Waals surface area contributed by atoms with Gasteiger partial charge < -0.3 is 11.1 Å². The third kappa shape index (κ3) is 4.60. The molecule has 3 N–H and O–H groups in total. The zero-order valence-electron chi connectivity index (χ0n) is 19.1. The molecular formula is C24H25N7O3S. The predicted molar refractivity (Wildman–Crippen MR) is 133 cm³/mol. The zero-order chi connectivity index (χ0) is 24.6. The van der Waals surface area contributed by atoms with Crippen molar-refractivity contribution in [2.75, 3.05) is 30.4 Å². The fourth-order valence-electron chi connectivity index (χ4n) is 4.44. The van der Waals surface area contributed by atoms with E-state index in [1.807, 2.05) is 16.5 Å². The molecule has 0 aliphatic carbocycles. The van der Waals surface area contributed by atoms with E-state index in [0.29, 0.717) is 41.5 Å². The van der Waals surface area contributed by atoms with E-state index in [0.717, 1.165) is 24.2 Å². The number of nitrogens with two attached hydrogens (primary N) is 1. The summed E-state index contributed by atoms with van der Waals surface area (Å²) in [5, 5.41) is 2.77. The third-order valence-corrected chi connectivity index (χ3v) is 7.43. The molecule has 1 aliphatic heterocycles. The molecule has 0 spiro atoms. The average Bonchev–Trinajstić information content (AvgIpc) is 3.25. The molecule has 10 nitrogen and oxygen atoms in total. The smallest absolute Gasteiger partial charge is 0.256 e. The van der Waals surface area contributed by atoms with Crippen molar-refractivity contribution in [2.45, 2.75) is 18.8 Å². The number of nitrogens with zero attached hydrogens (tertiary/aromatic N) is 5. The number of hydrogen-bond acceptors (Lipinski definition) is 7. The Hall–Kier alpha value is -3.83. The third-order valence-electron chi connectivity index (χ3n) is 6.16. The van der Waals surface area contributed by atoms with Gasteiger partial charge in [-0.05, 0) is 37.1 Å². The highest BCUT2D eigenvalue weighted by Crippen LogP contribution is 2.34. The molecule has 35 heavy (non-hydrogen) atoms. The van der Waals surface area contributed by atoms with Gasteiger partial charge in [-0.15, -0.1) is 0 Å². The van der Waals surface area contributed by atoms with Crippen LogP contribution in [0.15, 0.2) is 61.1 Å². The Morgan fingerprint density at radius 1 is 1.11 bits per heavy atom. The van der Waals surface area contributed by atoms with Crippen LogP contribution in [0.5, 0.6) is 0 Å². The molecule has 11 heteroatoms. The number of amides is 1. The maximum atomic E-state index is 12.6. The van der Waals surface area contributed by atoms with E-state index in [1.165, 1.54) is 10.6 Å². The Balaban J connectivity index is 1.48. The number of sulfonamides is 1. The lowest BCUT2D eigenvalue weighted by Gasteiger charge is -2.30. The summed E-state index contributed by atoms with van der Waals surface area (Å²) in [6.07, 6.45) is 7.82. The van der Waals surface area contributed by atoms with Crippen LogP contribution in [0.4, 0.5) is 11.6 Å². The second-order valence-electron chi connectivity index (χ2n) is 8.56. The van der Waals surface area contributed by atoms with E-state index in [1.54, 1.807) is 48.9 Å². The number of carbonyl (C=O) groups excluding carboxylic acids is 1. The van der Waals surface area contributed by atoms with E-state index < -0.39 is 10.0 Å². The van der Waals surface area contributed by atoms with E-state index in [2.05, 4.69) is 15.3 Å². The normalized spacial score (nSPS) is 16.9. The van der Waals surface area contributed by atoms with E-state index in [-0.39, 0.29) is 11.8 Å². The number of benzene rings is 1. The number of anilines is 2. The minimum Gasteiger partial charge on any atom is -0.382 e. The maximum Gasteiger partial charge on any atom is 0.256 e. The molecule has 3 aromatic heterocycles. The Labute approximate surface area is 202 Å². The molecule has 1 saturated heterocycles. The van der Waals surface area contributed by atoms with Crippen LogP contribution in [0, 0.1) is 0 Å². The minimum absolute atomic E-state index is 0.0788. The van der Waals surface area contributed by atoms with Gasteiger partial charge in [0.05, 0.1) is 6.26 Å². The van der Waals surface area contributed by atoms with E-state index in [4.69, 9.17) is 10.7 Å². The number of imidazole rings is 1. The Bertz CT molecular complexity index is 1490. The SMILES string of the molecule is CS(=O)(=O)N1CCC[C@@H](c2nc(-c3ccc(C(=O)Nc4ccccn4)cc3)c3c(N)nccn23)C1. The number of fused-ring (bicyclic) bond motifs is 1. The number of piperidine rings is 1. The van der Waals surface area contributed by atoms with Crippen LogP contribution in [-0.4, -0.2) is 57.3 Å². The lowest BCUT2D eigenvalue weighted by molar-refractivity contribution is 0.102. The second kappa shape index (κ2) is 9.08. The quantitative estimate of drug-likeness (QED) is 0.438. The van der Waals surface area contributed by atoms with E-state index >= 15 is 0 Å². The van der Waals surface area contributed by atoms with Gasteiger partial charge >= 0.3 is 0 Å². The highest BCUT2D eigenvalue weighted by atomic mass is 32.2. The van der Waals surface area contributed by atoms with Crippen molar-refractivity contribution in [3.8, 4) is 11.3 Å². The van der Waals surface area contributed by atoms with Crippen LogP contribution in [0.3, 0.4) is 0 Å². The standard InChI is InChI=1S/C24H25N7O3S/c1-35(33,34)30-13-4-5-18(15-30)23-29-20(21-22(25)27-12-14-31(21)23)16-7-9-17(10-8-16)24(32)28-19-6-2-3-11-26-19/h2-3,6-12,14,18H,4-5,13,15H2,1H3,(H2,25,27)(H,26,28,32)/t18-/m1/s1. The van der Waals surface area contributed by atoms with Gasteiger partial charge in [0.15, 0.2) is 0 Å². The van der Waals surface area contributed by atoms with Crippen molar-refractivity contribution in [2.24, 2.45) is 0 Å². The minimum atomic E-state index is -3.29. The van der Waals surface area contributed by atoms with Crippen molar-refractivity contribution < 1.29 is 13.2 Å². The van der Waals surface area contributed by atoms with Gasteiger partial charge in [-0.3, -0.25) is 9.20 Å². The lowest BCUT2D eigenvalue weighted by Crippen LogP contribution is -2.38. The summed E-state index contributed by atoms with van der Waals surface area (Å²) in [5.74, 6) is 1.20. The van der Waals surface area contributed by atoms with Crippen LogP contribution in [0.2, 0.25) is 0 Å². The molecule has 180 valence electrons. The molecule has 0 unspecified atom stereocenters. The number of aromatic nitrogens is 4. The first-order chi connectivity index (χ1) is 16.8. The van der Waals surface area contributed by atoms with Gasteiger partial charge in [0.25, 0.3) is 5.91 Å². The summed E-state index contributed by atoms with van der Waals surface area (Å²) in [6.45, 7) is 0.878. The molecule has 1 aliphatic rings. The molecule has 0 radical (unpaired) electrons. The lowest BCUT2D eigenvalue weighted by atomic mass is 9.99. The van der Waals surface area contributed by atoms with Crippen LogP contribution in [0.1, 0.15) is 34.9 Å². The van der Waals surface area contributed by atoms with Crippen molar-refractivity contribution >= 4 is 33.1 Å². The summed E-state index contributed by atoms with van der Waals surface area (Å²) < 4.78 is 27.7. The monoisotopic (exact) mass is 491 g/mol. The van der Waals surface area contributed by atoms with Gasteiger partial charge in [-0.1, -0.05) is 18.2 Å². The number of carbonyl (C=O) groups is 1. The van der Waals surface area contributed by atoms with E-state index in [9.17, 15) is 13.2 Å². The van der Waals surface area contributed by atoms with Gasteiger partial charge in [0.1, 0.15) is 28.7 Å². The van der Waals surface area contributed by atoms with Crippen molar-refractivity contribution in [1.29, 1.82) is 0 Å². The van der Waals surface area contributed by atoms with Gasteiger partial charge in [-0.2, -0.15) is 0 Å². The molecule has 1 amide bonds. The van der Waals surface area contributed by atoms with Crippen molar-refractivity contribution in [3.05, 3.63) is 72.4 Å². The van der Waals surface area contributed by atoms with Gasteiger partial charge in [0.2, 0.25) is 10.0 Å². The number of nitrogen functional groups attached to an aromatic ring is 1. The Morgan fingerprint density at radius 2 is 1.91 bits per heavy atom. The molecule has 0 bridgehead atoms. The first kappa shape index (κ1) is 22.9. The molecule has 5 rings (SSSR count).